The van der Waals surface area contributed by atoms with Crippen LogP contribution in [0.25, 0.3) is 5.57 Å². The van der Waals surface area contributed by atoms with Gasteiger partial charge in [-0.25, -0.2) is 8.78 Å². The molecule has 2 nitrogen and oxygen atoms in total. The van der Waals surface area contributed by atoms with E-state index in [0.29, 0.717) is 6.61 Å². The molecule has 0 bridgehead atoms. The van der Waals surface area contributed by atoms with Gasteiger partial charge in [0.15, 0.2) is 0 Å². The van der Waals surface area contributed by atoms with E-state index in [1.807, 2.05) is 6.08 Å². The van der Waals surface area contributed by atoms with Crippen molar-refractivity contribution in [3.8, 4) is 5.75 Å². The zero-order valence-electron chi connectivity index (χ0n) is 18.8. The Hall–Kier alpha value is -2.75. The average molecular weight is 422 g/mol. The molecule has 0 saturated carbocycles. The fourth-order valence-corrected chi connectivity index (χ4v) is 4.29. The molecule has 4 heteroatoms. The van der Waals surface area contributed by atoms with Crippen molar-refractivity contribution in [1.82, 2.24) is 0 Å². The molecular weight excluding hydrogens is 392 g/mol. The normalized spacial score (nSPS) is 23.3. The van der Waals surface area contributed by atoms with Crippen molar-refractivity contribution < 1.29 is 13.5 Å². The van der Waals surface area contributed by atoms with Crippen LogP contribution in [0.5, 0.6) is 5.75 Å². The number of rotatable bonds is 3. The maximum absolute atomic E-state index is 14.0. The zero-order valence-corrected chi connectivity index (χ0v) is 18.8. The van der Waals surface area contributed by atoms with Gasteiger partial charge in [-0.1, -0.05) is 45.9 Å². The molecule has 0 N–H and O–H groups in total. The van der Waals surface area contributed by atoms with Crippen molar-refractivity contribution in [3.05, 3.63) is 82.4 Å². The predicted octanol–water partition coefficient (Wildman–Crippen LogP) is 6.81. The molecule has 31 heavy (non-hydrogen) atoms. The van der Waals surface area contributed by atoms with Crippen LogP contribution in [-0.2, 0) is 12.0 Å². The van der Waals surface area contributed by atoms with E-state index < -0.39 is 11.6 Å². The smallest absolute Gasteiger partial charge is 0.131 e. The number of ether oxygens (including phenoxy) is 1. The first-order valence-electron chi connectivity index (χ1n) is 10.8. The van der Waals surface area contributed by atoms with E-state index in [4.69, 9.17) is 4.74 Å². The molecule has 2 aliphatic rings. The van der Waals surface area contributed by atoms with Gasteiger partial charge in [0.2, 0.25) is 0 Å². The molecule has 1 aliphatic heterocycles. The van der Waals surface area contributed by atoms with Gasteiger partial charge in [-0.2, -0.15) is 0 Å². The molecule has 162 valence electrons. The van der Waals surface area contributed by atoms with Crippen molar-refractivity contribution in [3.63, 3.8) is 0 Å². The highest BCUT2D eigenvalue weighted by atomic mass is 19.1. The van der Waals surface area contributed by atoms with Crippen LogP contribution in [0, 0.1) is 30.4 Å². The van der Waals surface area contributed by atoms with E-state index in [-0.39, 0.29) is 29.4 Å². The zero-order chi connectivity index (χ0) is 22.3. The Morgan fingerprint density at radius 1 is 1.10 bits per heavy atom. The van der Waals surface area contributed by atoms with Crippen molar-refractivity contribution in [2.75, 3.05) is 6.61 Å². The quantitative estimate of drug-likeness (QED) is 0.533. The molecule has 0 saturated heterocycles. The minimum Gasteiger partial charge on any atom is -0.492 e. The first kappa shape index (κ1) is 21.5. The number of hydrogen-bond acceptors (Lipinski definition) is 2. The minimum absolute atomic E-state index is 0.00598. The predicted molar refractivity (Wildman–Crippen MR) is 123 cm³/mol. The summed E-state index contributed by atoms with van der Waals surface area (Å²) in [6, 6.07) is 8.30. The molecule has 0 aromatic heterocycles. The van der Waals surface area contributed by atoms with Gasteiger partial charge in [-0.3, -0.25) is 4.99 Å². The van der Waals surface area contributed by atoms with Gasteiger partial charge in [0.25, 0.3) is 0 Å². The average Bonchev–Trinajstić information content (AvgIpc) is 2.92. The van der Waals surface area contributed by atoms with E-state index in [0.717, 1.165) is 17.0 Å². The highest BCUT2D eigenvalue weighted by molar-refractivity contribution is 6.00. The molecule has 2 aromatic rings. The van der Waals surface area contributed by atoms with Gasteiger partial charge < -0.3 is 4.74 Å². The van der Waals surface area contributed by atoms with Crippen LogP contribution in [0.1, 0.15) is 49.9 Å². The summed E-state index contributed by atoms with van der Waals surface area (Å²) in [6.45, 7) is 11.5. The number of allylic oxidation sites excluding steroid dienone is 4. The standard InChI is InChI=1S/C27H29F2NO/c1-16-11-19(20-13-22-26(12-17(20)2)31-15-27(22,4)5)9-10-25(18(16)3)30-14-21-23(28)7-6-8-24(21)29/h6-13,16,18H,14-15H2,1-5H3. The van der Waals surface area contributed by atoms with Crippen LogP contribution in [0.3, 0.4) is 0 Å². The molecule has 4 rings (SSSR count). The fraction of sp³-hybridized carbons (Fsp3) is 0.370. The maximum Gasteiger partial charge on any atom is 0.131 e. The summed E-state index contributed by atoms with van der Waals surface area (Å²) < 4.78 is 33.9. The molecule has 0 fully saturated rings. The Morgan fingerprint density at radius 2 is 1.81 bits per heavy atom. The summed E-state index contributed by atoms with van der Waals surface area (Å²) in [5.41, 5.74) is 5.58. The molecule has 2 aromatic carbocycles. The molecule has 2 atom stereocenters. The molecule has 0 amide bonds. The van der Waals surface area contributed by atoms with Crippen LogP contribution in [-0.4, -0.2) is 12.3 Å². The number of benzene rings is 2. The molecular formula is C27H29F2NO. The van der Waals surface area contributed by atoms with Crippen LogP contribution in [0.2, 0.25) is 0 Å². The summed E-state index contributed by atoms with van der Waals surface area (Å²) in [5, 5.41) is 0. The van der Waals surface area contributed by atoms with Crippen LogP contribution >= 0.6 is 0 Å². The Morgan fingerprint density at radius 3 is 2.52 bits per heavy atom. The Bertz CT molecular complexity index is 1090. The van der Waals surface area contributed by atoms with Crippen LogP contribution in [0.4, 0.5) is 8.78 Å². The summed E-state index contributed by atoms with van der Waals surface area (Å²) in [6.07, 6.45) is 6.34. The molecule has 0 spiro atoms. The van der Waals surface area contributed by atoms with Gasteiger partial charge in [0.05, 0.1) is 13.2 Å². The number of aryl methyl sites for hydroxylation is 1. The molecule has 2 unspecified atom stereocenters. The van der Waals surface area contributed by atoms with E-state index in [9.17, 15) is 8.78 Å². The number of nitrogens with zero attached hydrogens (tertiary/aromatic N) is 1. The first-order chi connectivity index (χ1) is 14.7. The SMILES string of the molecule is Cc1cc2c(cc1C1=CC(C)C(C)C(=NCc3c(F)cccc3F)C=C1)C(C)(C)CO2. The molecule has 1 heterocycles. The minimum atomic E-state index is -0.555. The lowest BCUT2D eigenvalue weighted by Gasteiger charge is -2.18. The second kappa shape index (κ2) is 8.07. The second-order valence-electron chi connectivity index (χ2n) is 9.38. The van der Waals surface area contributed by atoms with E-state index in [2.05, 4.69) is 63.9 Å². The lowest BCUT2D eigenvalue weighted by molar-refractivity contribution is 0.291. The lowest BCUT2D eigenvalue weighted by Crippen LogP contribution is -2.18. The fourth-order valence-electron chi connectivity index (χ4n) is 4.29. The summed E-state index contributed by atoms with van der Waals surface area (Å²) in [7, 11) is 0. The second-order valence-corrected chi connectivity index (χ2v) is 9.38. The van der Waals surface area contributed by atoms with Crippen molar-refractivity contribution in [2.45, 2.75) is 46.6 Å². The van der Waals surface area contributed by atoms with Crippen molar-refractivity contribution in [1.29, 1.82) is 0 Å². The van der Waals surface area contributed by atoms with E-state index in [1.165, 1.54) is 34.9 Å². The monoisotopic (exact) mass is 421 g/mol. The molecule has 1 aliphatic carbocycles. The topological polar surface area (TPSA) is 21.6 Å². The third kappa shape index (κ3) is 4.08. The Balaban J connectivity index is 1.68. The maximum atomic E-state index is 14.0. The van der Waals surface area contributed by atoms with Gasteiger partial charge in [-0.05, 0) is 59.9 Å². The number of aliphatic imine (C=N–C) groups is 1. The number of hydrogen-bond donors (Lipinski definition) is 0. The number of fused-ring (bicyclic) bond motifs is 1. The Labute approximate surface area is 183 Å². The summed E-state index contributed by atoms with van der Waals surface area (Å²) in [4.78, 5) is 4.59. The van der Waals surface area contributed by atoms with Gasteiger partial charge >= 0.3 is 0 Å². The highest BCUT2D eigenvalue weighted by Gasteiger charge is 2.32. The van der Waals surface area contributed by atoms with Gasteiger partial charge in [-0.15, -0.1) is 0 Å². The van der Waals surface area contributed by atoms with Crippen LogP contribution < -0.4 is 4.74 Å². The first-order valence-corrected chi connectivity index (χ1v) is 10.8. The van der Waals surface area contributed by atoms with Crippen molar-refractivity contribution >= 4 is 11.3 Å². The largest absolute Gasteiger partial charge is 0.492 e. The van der Waals surface area contributed by atoms with Gasteiger partial charge in [0.1, 0.15) is 17.4 Å². The molecule has 0 radical (unpaired) electrons. The Kier molecular flexibility index (Phi) is 5.59. The summed E-state index contributed by atoms with van der Waals surface area (Å²) >= 11 is 0. The van der Waals surface area contributed by atoms with Crippen molar-refractivity contribution in [2.24, 2.45) is 16.8 Å². The van der Waals surface area contributed by atoms with Gasteiger partial charge in [0, 0.05) is 28.2 Å². The van der Waals surface area contributed by atoms with E-state index >= 15 is 0 Å². The number of halogens is 2. The third-order valence-electron chi connectivity index (χ3n) is 6.57. The van der Waals surface area contributed by atoms with Crippen LogP contribution in [0.15, 0.2) is 53.6 Å². The third-order valence-corrected chi connectivity index (χ3v) is 6.57. The highest BCUT2D eigenvalue weighted by Crippen LogP contribution is 2.42. The van der Waals surface area contributed by atoms with E-state index in [1.54, 1.807) is 0 Å². The lowest BCUT2D eigenvalue weighted by atomic mass is 9.83. The summed E-state index contributed by atoms with van der Waals surface area (Å²) in [5.74, 6) is 0.226.